The zero-order valence-electron chi connectivity index (χ0n) is 13.9. The van der Waals surface area contributed by atoms with Gasteiger partial charge in [0.05, 0.1) is 19.3 Å². The van der Waals surface area contributed by atoms with E-state index >= 15 is 0 Å². The van der Waals surface area contributed by atoms with Crippen molar-refractivity contribution in [3.63, 3.8) is 0 Å². The second-order valence-corrected chi connectivity index (χ2v) is 6.86. The third kappa shape index (κ3) is 5.04. The Bertz CT molecular complexity index is 640. The van der Waals surface area contributed by atoms with Crippen LogP contribution in [0.25, 0.3) is 11.1 Å². The minimum absolute atomic E-state index is 0.166. The maximum atomic E-state index is 12.4. The van der Waals surface area contributed by atoms with Gasteiger partial charge >= 0.3 is 7.82 Å². The summed E-state index contributed by atoms with van der Waals surface area (Å²) in [7, 11) is -1.71. The highest BCUT2D eigenvalue weighted by Crippen LogP contribution is 2.50. The van der Waals surface area contributed by atoms with E-state index < -0.39 is 7.82 Å². The molecule has 1 aromatic carbocycles. The highest BCUT2D eigenvalue weighted by atomic mass is 31.2. The number of para-hydroxylation sites is 2. The van der Waals surface area contributed by atoms with E-state index in [1.807, 2.05) is 31.3 Å². The molecule has 0 amide bonds. The van der Waals surface area contributed by atoms with Gasteiger partial charge in [0, 0.05) is 13.6 Å². The molecule has 0 spiro atoms. The zero-order chi connectivity index (χ0) is 16.9. The first kappa shape index (κ1) is 17.9. The summed E-state index contributed by atoms with van der Waals surface area (Å²) in [5.41, 5.74) is 1.51. The third-order valence-electron chi connectivity index (χ3n) is 2.91. The Labute approximate surface area is 136 Å². The normalized spacial score (nSPS) is 14.3. The van der Waals surface area contributed by atoms with E-state index in [0.717, 1.165) is 11.1 Å². The zero-order valence-corrected chi connectivity index (χ0v) is 14.8. The van der Waals surface area contributed by atoms with Crippen molar-refractivity contribution in [3.05, 3.63) is 24.3 Å². The number of phosphoric ester groups is 1. The number of aromatic nitrogens is 1. The van der Waals surface area contributed by atoms with Crippen LogP contribution in [-0.4, -0.2) is 37.9 Å². The van der Waals surface area contributed by atoms with Gasteiger partial charge in [-0.25, -0.2) is 4.57 Å². The van der Waals surface area contributed by atoms with E-state index in [1.54, 1.807) is 25.7 Å². The van der Waals surface area contributed by atoms with Gasteiger partial charge in [-0.1, -0.05) is 12.1 Å². The van der Waals surface area contributed by atoms with Crippen LogP contribution in [0.2, 0.25) is 0 Å². The fourth-order valence-corrected chi connectivity index (χ4v) is 3.26. The lowest BCUT2D eigenvalue weighted by Gasteiger charge is -2.21. The van der Waals surface area contributed by atoms with Gasteiger partial charge in [-0.2, -0.15) is 4.98 Å². The van der Waals surface area contributed by atoms with E-state index in [2.05, 4.69) is 4.98 Å². The van der Waals surface area contributed by atoms with E-state index in [-0.39, 0.29) is 19.3 Å². The minimum Gasteiger partial charge on any atom is -0.423 e. The molecule has 0 aliphatic heterocycles. The van der Waals surface area contributed by atoms with Crippen molar-refractivity contribution in [2.75, 3.05) is 31.7 Å². The number of oxazole rings is 1. The fourth-order valence-electron chi connectivity index (χ4n) is 1.92. The van der Waals surface area contributed by atoms with Crippen LogP contribution in [0.3, 0.4) is 0 Å². The summed E-state index contributed by atoms with van der Waals surface area (Å²) in [4.78, 5) is 6.17. The Morgan fingerprint density at radius 2 is 2.04 bits per heavy atom. The maximum absolute atomic E-state index is 12.4. The molecule has 128 valence electrons. The number of rotatable bonds is 9. The monoisotopic (exact) mass is 342 g/mol. The number of anilines is 1. The van der Waals surface area contributed by atoms with Crippen molar-refractivity contribution >= 4 is 24.9 Å². The number of hydrogen-bond acceptors (Lipinski definition) is 7. The summed E-state index contributed by atoms with van der Waals surface area (Å²) in [6, 6.07) is 8.01. The topological polar surface area (TPSA) is 74.0 Å². The molecule has 1 unspecified atom stereocenters. The predicted molar refractivity (Wildman–Crippen MR) is 88.7 cm³/mol. The van der Waals surface area contributed by atoms with Crippen LogP contribution in [-0.2, 0) is 18.1 Å². The van der Waals surface area contributed by atoms with E-state index in [4.69, 9.17) is 18.0 Å². The van der Waals surface area contributed by atoms with Crippen LogP contribution >= 0.6 is 7.82 Å². The minimum atomic E-state index is -3.53. The number of likely N-dealkylation sites (N-methyl/N-ethyl adjacent to an activating group) is 1. The molecule has 1 heterocycles. The van der Waals surface area contributed by atoms with Gasteiger partial charge in [0.15, 0.2) is 5.58 Å². The number of benzene rings is 1. The first-order valence-electron chi connectivity index (χ1n) is 7.58. The van der Waals surface area contributed by atoms with Gasteiger partial charge in [0.25, 0.3) is 6.01 Å². The van der Waals surface area contributed by atoms with Crippen LogP contribution in [0.15, 0.2) is 28.7 Å². The molecule has 7 nitrogen and oxygen atoms in total. The molecular weight excluding hydrogens is 319 g/mol. The van der Waals surface area contributed by atoms with Crippen LogP contribution in [0.4, 0.5) is 6.01 Å². The molecule has 0 N–H and O–H groups in total. The van der Waals surface area contributed by atoms with Gasteiger partial charge in [-0.05, 0) is 32.9 Å². The van der Waals surface area contributed by atoms with Gasteiger partial charge in [-0.3, -0.25) is 13.6 Å². The van der Waals surface area contributed by atoms with Crippen molar-refractivity contribution < 1.29 is 22.6 Å². The third-order valence-corrected chi connectivity index (χ3v) is 4.67. The SMILES string of the molecule is CCOP(=O)(OCCN(C)c1nc2ccccc2o1)OC(C)C. The molecular formula is C15H23N2O5P. The highest BCUT2D eigenvalue weighted by molar-refractivity contribution is 7.48. The van der Waals surface area contributed by atoms with Gasteiger partial charge < -0.3 is 9.32 Å². The van der Waals surface area contributed by atoms with E-state index in [9.17, 15) is 4.57 Å². The van der Waals surface area contributed by atoms with Crippen molar-refractivity contribution in [2.45, 2.75) is 26.9 Å². The average molecular weight is 342 g/mol. The lowest BCUT2D eigenvalue weighted by atomic mass is 10.3. The average Bonchev–Trinajstić information content (AvgIpc) is 2.90. The quantitative estimate of drug-likeness (QED) is 0.641. The molecule has 2 rings (SSSR count). The molecule has 8 heteroatoms. The summed E-state index contributed by atoms with van der Waals surface area (Å²) in [6.45, 7) is 6.15. The van der Waals surface area contributed by atoms with Crippen molar-refractivity contribution in [3.8, 4) is 0 Å². The lowest BCUT2D eigenvalue weighted by molar-refractivity contribution is 0.0957. The Morgan fingerprint density at radius 3 is 2.70 bits per heavy atom. The summed E-state index contributed by atoms with van der Waals surface area (Å²) < 4.78 is 33.8. The van der Waals surface area contributed by atoms with Crippen molar-refractivity contribution in [1.82, 2.24) is 4.98 Å². The second kappa shape index (κ2) is 7.93. The first-order valence-corrected chi connectivity index (χ1v) is 9.04. The Hall–Kier alpha value is -1.40. The lowest BCUT2D eigenvalue weighted by Crippen LogP contribution is -2.23. The summed E-state index contributed by atoms with van der Waals surface area (Å²) in [5.74, 6) is 0. The summed E-state index contributed by atoms with van der Waals surface area (Å²) in [5, 5.41) is 0. The molecule has 0 saturated heterocycles. The maximum Gasteiger partial charge on any atom is 0.475 e. The molecule has 1 aromatic heterocycles. The largest absolute Gasteiger partial charge is 0.475 e. The number of fused-ring (bicyclic) bond motifs is 1. The second-order valence-electron chi connectivity index (χ2n) is 5.24. The molecule has 0 bridgehead atoms. The Kier molecular flexibility index (Phi) is 6.18. The molecule has 23 heavy (non-hydrogen) atoms. The van der Waals surface area contributed by atoms with Crippen LogP contribution < -0.4 is 4.90 Å². The van der Waals surface area contributed by atoms with Gasteiger partial charge in [-0.15, -0.1) is 0 Å². The smallest absolute Gasteiger partial charge is 0.423 e. The van der Waals surface area contributed by atoms with Gasteiger partial charge in [0.1, 0.15) is 5.52 Å². The number of phosphoric acid groups is 1. The molecule has 0 radical (unpaired) electrons. The van der Waals surface area contributed by atoms with Gasteiger partial charge in [0.2, 0.25) is 0 Å². The molecule has 0 saturated carbocycles. The molecule has 2 aromatic rings. The Morgan fingerprint density at radius 1 is 1.30 bits per heavy atom. The molecule has 0 fully saturated rings. The highest BCUT2D eigenvalue weighted by Gasteiger charge is 2.27. The van der Waals surface area contributed by atoms with Crippen LogP contribution in [0.1, 0.15) is 20.8 Å². The van der Waals surface area contributed by atoms with Crippen LogP contribution in [0.5, 0.6) is 0 Å². The van der Waals surface area contributed by atoms with Crippen molar-refractivity contribution in [1.29, 1.82) is 0 Å². The summed E-state index contributed by atoms with van der Waals surface area (Å²) in [6.07, 6.45) is -0.248. The summed E-state index contributed by atoms with van der Waals surface area (Å²) >= 11 is 0. The Balaban J connectivity index is 1.92. The molecule has 0 aliphatic carbocycles. The van der Waals surface area contributed by atoms with Crippen LogP contribution in [0, 0.1) is 0 Å². The molecule has 0 aliphatic rings. The standard InChI is InChI=1S/C15H23N2O5P/c1-5-19-23(18,22-12(2)3)20-11-10-17(4)15-16-13-8-6-7-9-14(13)21-15/h6-9,12H,5,10-11H2,1-4H3. The predicted octanol–water partition coefficient (Wildman–Crippen LogP) is 3.85. The number of hydrogen-bond donors (Lipinski definition) is 0. The molecule has 1 atom stereocenters. The fraction of sp³-hybridized carbons (Fsp3) is 0.533. The first-order chi connectivity index (χ1) is 10.9. The number of nitrogens with zero attached hydrogens (tertiary/aromatic N) is 2. The van der Waals surface area contributed by atoms with E-state index in [1.165, 1.54) is 0 Å². The van der Waals surface area contributed by atoms with Crippen molar-refractivity contribution in [2.24, 2.45) is 0 Å². The van der Waals surface area contributed by atoms with E-state index in [0.29, 0.717) is 12.6 Å².